The summed E-state index contributed by atoms with van der Waals surface area (Å²) in [5, 5.41) is 9.49. The normalized spacial score (nSPS) is 26.6. The lowest BCUT2D eigenvalue weighted by Gasteiger charge is -2.44. The quantitative estimate of drug-likeness (QED) is 0.372. The largest absolute Gasteiger partial charge is 0.505 e. The van der Waals surface area contributed by atoms with Gasteiger partial charge in [-0.2, -0.15) is 4.31 Å². The van der Waals surface area contributed by atoms with Crippen molar-refractivity contribution in [2.45, 2.75) is 61.4 Å². The maximum atomic E-state index is 14.0. The summed E-state index contributed by atoms with van der Waals surface area (Å²) < 4.78 is 57.7. The first-order chi connectivity index (χ1) is 17.2. The number of piperazine rings is 1. The van der Waals surface area contributed by atoms with E-state index in [0.717, 1.165) is 29.3 Å². The lowest BCUT2D eigenvalue weighted by molar-refractivity contribution is -0.203. The molecule has 3 aliphatic rings. The number of methoxy groups -OCH3 is 1. The fraction of sp³-hybridized carbons (Fsp3) is 0.636. The standard InChI is InChI=1S/C22H30FN3O9S/c1-32-10-11-34-22(29)26-14-5-7-17(26)20(21(28)24-35-19-4-2-3-9-33-19)25(13-14)36(30,31)15-6-8-18(27)16(23)12-15/h6,8,12,14,17,19-20,27H,2-5,7,9-11,13H2,1H3,(H,24,28)/t14-,17+,19?,20-/m1/s1. The zero-order valence-corrected chi connectivity index (χ0v) is 20.6. The fourth-order valence-corrected chi connectivity index (χ4v) is 6.48. The number of benzene rings is 1. The van der Waals surface area contributed by atoms with Gasteiger partial charge in [-0.25, -0.2) is 27.9 Å². The number of nitrogens with zero attached hydrogens (tertiary/aromatic N) is 2. The van der Waals surface area contributed by atoms with Crippen LogP contribution in [0.1, 0.15) is 32.1 Å². The predicted molar refractivity (Wildman–Crippen MR) is 120 cm³/mol. The van der Waals surface area contributed by atoms with E-state index in [1.54, 1.807) is 0 Å². The molecule has 0 aliphatic carbocycles. The molecule has 14 heteroatoms. The second-order valence-corrected chi connectivity index (χ2v) is 10.7. The van der Waals surface area contributed by atoms with Gasteiger partial charge in [0.25, 0.3) is 5.91 Å². The number of rotatable bonds is 8. The number of carbonyl (C=O) groups excluding carboxylic acids is 2. The first-order valence-corrected chi connectivity index (χ1v) is 13.2. The monoisotopic (exact) mass is 531 g/mol. The van der Waals surface area contributed by atoms with E-state index >= 15 is 0 Å². The molecule has 3 heterocycles. The van der Waals surface area contributed by atoms with Crippen LogP contribution in [0, 0.1) is 5.82 Å². The van der Waals surface area contributed by atoms with Gasteiger partial charge in [-0.1, -0.05) is 0 Å². The molecule has 4 rings (SSSR count). The molecule has 0 radical (unpaired) electrons. The molecule has 0 saturated carbocycles. The Morgan fingerprint density at radius 3 is 2.72 bits per heavy atom. The van der Waals surface area contributed by atoms with Gasteiger partial charge in [-0.3, -0.25) is 9.69 Å². The Morgan fingerprint density at radius 1 is 1.22 bits per heavy atom. The smallest absolute Gasteiger partial charge is 0.410 e. The van der Waals surface area contributed by atoms with Gasteiger partial charge in [0.1, 0.15) is 12.6 Å². The van der Waals surface area contributed by atoms with Crippen LogP contribution in [0.25, 0.3) is 0 Å². The summed E-state index contributed by atoms with van der Waals surface area (Å²) in [6, 6.07) is -0.0791. The Morgan fingerprint density at radius 2 is 2.03 bits per heavy atom. The summed E-state index contributed by atoms with van der Waals surface area (Å²) >= 11 is 0. The molecular formula is C22H30FN3O9S. The Balaban J connectivity index is 1.61. The molecule has 3 saturated heterocycles. The number of hydrogen-bond donors (Lipinski definition) is 2. The van der Waals surface area contributed by atoms with Gasteiger partial charge < -0.3 is 19.3 Å². The van der Waals surface area contributed by atoms with Crippen LogP contribution in [0.4, 0.5) is 9.18 Å². The number of hydroxylamine groups is 1. The van der Waals surface area contributed by atoms with Gasteiger partial charge in [0.15, 0.2) is 17.9 Å². The number of nitrogens with one attached hydrogen (secondary N) is 1. The van der Waals surface area contributed by atoms with E-state index in [1.165, 1.54) is 12.0 Å². The van der Waals surface area contributed by atoms with Crippen molar-refractivity contribution in [1.82, 2.24) is 14.7 Å². The summed E-state index contributed by atoms with van der Waals surface area (Å²) in [4.78, 5) is 32.5. The molecule has 12 nitrogen and oxygen atoms in total. The van der Waals surface area contributed by atoms with Crippen LogP contribution in [0.5, 0.6) is 5.75 Å². The van der Waals surface area contributed by atoms with Crippen molar-refractivity contribution in [3.05, 3.63) is 24.0 Å². The Labute approximate surface area is 208 Å². The number of sulfonamides is 1. The van der Waals surface area contributed by atoms with Gasteiger partial charge in [-0.05, 0) is 43.9 Å². The van der Waals surface area contributed by atoms with Crippen molar-refractivity contribution in [2.24, 2.45) is 0 Å². The third kappa shape index (κ3) is 5.42. The average Bonchev–Trinajstić information content (AvgIpc) is 3.17. The van der Waals surface area contributed by atoms with Crippen molar-refractivity contribution < 1.29 is 46.6 Å². The molecule has 3 aliphatic heterocycles. The molecule has 2 bridgehead atoms. The maximum absolute atomic E-state index is 14.0. The summed E-state index contributed by atoms with van der Waals surface area (Å²) in [7, 11) is -2.94. The number of phenolic OH excluding ortho intramolecular Hbond substituents is 1. The maximum Gasteiger partial charge on any atom is 0.410 e. The molecule has 0 spiro atoms. The number of phenols is 1. The highest BCUT2D eigenvalue weighted by atomic mass is 32.2. The minimum absolute atomic E-state index is 0.000928. The second kappa shape index (κ2) is 11.3. The van der Waals surface area contributed by atoms with Crippen LogP contribution in [0.3, 0.4) is 0 Å². The minimum atomic E-state index is -4.40. The van der Waals surface area contributed by atoms with Gasteiger partial charge in [-0.15, -0.1) is 0 Å². The molecule has 1 aromatic carbocycles. The minimum Gasteiger partial charge on any atom is -0.505 e. The Kier molecular flexibility index (Phi) is 8.30. The first-order valence-electron chi connectivity index (χ1n) is 11.8. The Bertz CT molecular complexity index is 1070. The molecule has 1 aromatic rings. The van der Waals surface area contributed by atoms with Crippen LogP contribution in [0.15, 0.2) is 23.1 Å². The number of fused-ring (bicyclic) bond motifs is 2. The SMILES string of the molecule is COCCOC(=O)N1[C@@H]2CC[C@H]1[C@H](C(=O)NOC1CCCCO1)N(S(=O)(=O)c1ccc(O)c(F)c1)C2. The van der Waals surface area contributed by atoms with Gasteiger partial charge in [0.2, 0.25) is 10.0 Å². The van der Waals surface area contributed by atoms with Crippen LogP contribution < -0.4 is 5.48 Å². The topological polar surface area (TPSA) is 144 Å². The number of carbonyl (C=O) groups is 2. The molecule has 4 atom stereocenters. The number of ether oxygens (including phenoxy) is 3. The summed E-state index contributed by atoms with van der Waals surface area (Å²) in [6.07, 6.45) is 1.71. The predicted octanol–water partition coefficient (Wildman–Crippen LogP) is 1.09. The van der Waals surface area contributed by atoms with E-state index in [2.05, 4.69) is 5.48 Å². The van der Waals surface area contributed by atoms with Crippen LogP contribution >= 0.6 is 0 Å². The molecule has 0 aromatic heterocycles. The van der Waals surface area contributed by atoms with E-state index < -0.39 is 62.9 Å². The molecule has 36 heavy (non-hydrogen) atoms. The summed E-state index contributed by atoms with van der Waals surface area (Å²) in [5.41, 5.74) is 2.31. The second-order valence-electron chi connectivity index (χ2n) is 8.83. The summed E-state index contributed by atoms with van der Waals surface area (Å²) in [6.45, 7) is 0.445. The number of amides is 2. The molecule has 2 amide bonds. The van der Waals surface area contributed by atoms with Gasteiger partial charge >= 0.3 is 6.09 Å². The van der Waals surface area contributed by atoms with Crippen molar-refractivity contribution in [3.63, 3.8) is 0 Å². The molecule has 3 fully saturated rings. The zero-order valence-electron chi connectivity index (χ0n) is 19.8. The average molecular weight is 532 g/mol. The number of halogens is 1. The van der Waals surface area contributed by atoms with E-state index in [9.17, 15) is 27.5 Å². The van der Waals surface area contributed by atoms with E-state index in [0.29, 0.717) is 31.9 Å². The highest BCUT2D eigenvalue weighted by Crippen LogP contribution is 2.38. The number of aromatic hydroxyl groups is 1. The highest BCUT2D eigenvalue weighted by molar-refractivity contribution is 7.89. The highest BCUT2D eigenvalue weighted by Gasteiger charge is 2.55. The van der Waals surface area contributed by atoms with Gasteiger partial charge in [0.05, 0.1) is 17.5 Å². The van der Waals surface area contributed by atoms with Crippen LogP contribution in [-0.2, 0) is 33.9 Å². The molecular weight excluding hydrogens is 501 g/mol. The lowest BCUT2D eigenvalue weighted by atomic mass is 10.1. The van der Waals surface area contributed by atoms with E-state index in [1.807, 2.05) is 0 Å². The zero-order chi connectivity index (χ0) is 25.9. The summed E-state index contributed by atoms with van der Waals surface area (Å²) in [5.74, 6) is -2.60. The van der Waals surface area contributed by atoms with Gasteiger partial charge in [0, 0.05) is 32.7 Å². The Hall–Kier alpha value is -2.52. The third-order valence-electron chi connectivity index (χ3n) is 6.56. The van der Waals surface area contributed by atoms with Crippen LogP contribution in [0.2, 0.25) is 0 Å². The molecule has 1 unspecified atom stereocenters. The fourth-order valence-electron chi connectivity index (χ4n) is 4.81. The third-order valence-corrected chi connectivity index (χ3v) is 8.40. The van der Waals surface area contributed by atoms with Crippen molar-refractivity contribution in [3.8, 4) is 5.75 Å². The number of hydrogen-bond acceptors (Lipinski definition) is 9. The van der Waals surface area contributed by atoms with Crippen molar-refractivity contribution in [2.75, 3.05) is 33.5 Å². The van der Waals surface area contributed by atoms with Crippen molar-refractivity contribution >= 4 is 22.0 Å². The van der Waals surface area contributed by atoms with Crippen molar-refractivity contribution in [1.29, 1.82) is 0 Å². The van der Waals surface area contributed by atoms with E-state index in [4.69, 9.17) is 19.0 Å². The first kappa shape index (κ1) is 26.5. The van der Waals surface area contributed by atoms with E-state index in [-0.39, 0.29) is 19.8 Å². The lowest BCUT2D eigenvalue weighted by Crippen LogP contribution is -2.66. The molecule has 200 valence electrons. The van der Waals surface area contributed by atoms with Crippen LogP contribution in [-0.4, -0.2) is 92.6 Å². The molecule has 2 N–H and O–H groups in total.